The van der Waals surface area contributed by atoms with Crippen molar-refractivity contribution < 1.29 is 9.90 Å². The standard InChI is InChI=1S/C12H16N2O2/c15-12(16)11(10-1-2-10)14-8-5-9-3-6-13-7-4-9/h3-4,6-7,10-11,14H,1-2,5,8H2,(H,15,16). The zero-order valence-electron chi connectivity index (χ0n) is 9.10. The van der Waals surface area contributed by atoms with Crippen molar-refractivity contribution in [1.82, 2.24) is 10.3 Å². The van der Waals surface area contributed by atoms with Gasteiger partial charge < -0.3 is 10.4 Å². The van der Waals surface area contributed by atoms with Gasteiger partial charge in [0, 0.05) is 12.4 Å². The van der Waals surface area contributed by atoms with E-state index < -0.39 is 5.97 Å². The quantitative estimate of drug-likeness (QED) is 0.753. The Kier molecular flexibility index (Phi) is 3.51. The largest absolute Gasteiger partial charge is 0.480 e. The summed E-state index contributed by atoms with van der Waals surface area (Å²) in [5.41, 5.74) is 1.18. The number of pyridine rings is 1. The van der Waals surface area contributed by atoms with E-state index >= 15 is 0 Å². The van der Waals surface area contributed by atoms with Gasteiger partial charge in [0.15, 0.2) is 0 Å². The molecule has 1 saturated carbocycles. The van der Waals surface area contributed by atoms with Crippen LogP contribution in [0.1, 0.15) is 18.4 Å². The maximum Gasteiger partial charge on any atom is 0.320 e. The molecule has 1 unspecified atom stereocenters. The van der Waals surface area contributed by atoms with E-state index in [9.17, 15) is 4.79 Å². The molecule has 0 radical (unpaired) electrons. The lowest BCUT2D eigenvalue weighted by Gasteiger charge is -2.13. The van der Waals surface area contributed by atoms with Gasteiger partial charge in [-0.1, -0.05) is 0 Å². The van der Waals surface area contributed by atoms with Crippen molar-refractivity contribution >= 4 is 5.97 Å². The second-order valence-electron chi connectivity index (χ2n) is 4.21. The number of carbonyl (C=O) groups is 1. The topological polar surface area (TPSA) is 62.2 Å². The molecule has 0 aliphatic heterocycles. The third-order valence-corrected chi connectivity index (χ3v) is 2.89. The number of carboxylic acid groups (broad SMARTS) is 1. The van der Waals surface area contributed by atoms with E-state index in [1.807, 2.05) is 12.1 Å². The minimum absolute atomic E-state index is 0.343. The minimum Gasteiger partial charge on any atom is -0.480 e. The Hall–Kier alpha value is -1.42. The molecule has 1 aliphatic carbocycles. The van der Waals surface area contributed by atoms with Gasteiger partial charge in [-0.15, -0.1) is 0 Å². The van der Waals surface area contributed by atoms with Gasteiger partial charge in [-0.3, -0.25) is 9.78 Å². The van der Waals surface area contributed by atoms with E-state index in [0.717, 1.165) is 19.3 Å². The number of aliphatic carboxylic acids is 1. The number of hydrogen-bond acceptors (Lipinski definition) is 3. The van der Waals surface area contributed by atoms with Crippen molar-refractivity contribution in [3.05, 3.63) is 30.1 Å². The summed E-state index contributed by atoms with van der Waals surface area (Å²) in [5, 5.41) is 12.1. The number of rotatable bonds is 6. The van der Waals surface area contributed by atoms with Crippen LogP contribution in [0.15, 0.2) is 24.5 Å². The van der Waals surface area contributed by atoms with Crippen molar-refractivity contribution in [3.8, 4) is 0 Å². The van der Waals surface area contributed by atoms with Crippen molar-refractivity contribution in [2.45, 2.75) is 25.3 Å². The van der Waals surface area contributed by atoms with E-state index in [2.05, 4.69) is 10.3 Å². The normalized spacial score (nSPS) is 17.0. The molecule has 16 heavy (non-hydrogen) atoms. The third-order valence-electron chi connectivity index (χ3n) is 2.89. The average Bonchev–Trinajstić information content (AvgIpc) is 3.09. The number of nitrogens with zero attached hydrogens (tertiary/aromatic N) is 1. The number of hydrogen-bond donors (Lipinski definition) is 2. The van der Waals surface area contributed by atoms with E-state index in [-0.39, 0.29) is 6.04 Å². The van der Waals surface area contributed by atoms with Crippen molar-refractivity contribution in [1.29, 1.82) is 0 Å². The molecule has 1 aliphatic rings. The molecule has 2 rings (SSSR count). The highest BCUT2D eigenvalue weighted by molar-refractivity contribution is 5.74. The Morgan fingerprint density at radius 1 is 1.50 bits per heavy atom. The Balaban J connectivity index is 1.76. The predicted molar refractivity (Wildman–Crippen MR) is 60.1 cm³/mol. The summed E-state index contributed by atoms with van der Waals surface area (Å²) in [6, 6.07) is 3.55. The van der Waals surface area contributed by atoms with Gasteiger partial charge in [0.1, 0.15) is 6.04 Å². The first-order chi connectivity index (χ1) is 7.77. The van der Waals surface area contributed by atoms with Gasteiger partial charge in [0.2, 0.25) is 0 Å². The highest BCUT2D eigenvalue weighted by Gasteiger charge is 2.35. The maximum atomic E-state index is 11.0. The van der Waals surface area contributed by atoms with Crippen LogP contribution < -0.4 is 5.32 Å². The summed E-state index contributed by atoms with van der Waals surface area (Å²) in [6.07, 6.45) is 6.44. The van der Waals surface area contributed by atoms with Crippen molar-refractivity contribution in [2.75, 3.05) is 6.54 Å². The zero-order valence-corrected chi connectivity index (χ0v) is 9.10. The van der Waals surface area contributed by atoms with Crippen LogP contribution >= 0.6 is 0 Å². The van der Waals surface area contributed by atoms with Crippen molar-refractivity contribution in [2.24, 2.45) is 5.92 Å². The summed E-state index contributed by atoms with van der Waals surface area (Å²) in [6.45, 7) is 0.706. The molecule has 2 N–H and O–H groups in total. The molecule has 0 bridgehead atoms. The predicted octanol–water partition coefficient (Wildman–Crippen LogP) is 1.08. The first-order valence-corrected chi connectivity index (χ1v) is 5.62. The molecule has 86 valence electrons. The molecule has 4 heteroatoms. The van der Waals surface area contributed by atoms with Gasteiger partial charge in [-0.25, -0.2) is 0 Å². The Bertz CT molecular complexity index is 349. The van der Waals surface area contributed by atoms with Crippen LogP contribution in [-0.4, -0.2) is 28.6 Å². The monoisotopic (exact) mass is 220 g/mol. The number of nitrogens with one attached hydrogen (secondary N) is 1. The molecule has 0 aromatic carbocycles. The Morgan fingerprint density at radius 3 is 2.75 bits per heavy atom. The van der Waals surface area contributed by atoms with Crippen LogP contribution in [0, 0.1) is 5.92 Å². The molecular weight excluding hydrogens is 204 g/mol. The SMILES string of the molecule is O=C(O)C(NCCc1ccncc1)C1CC1. The summed E-state index contributed by atoms with van der Waals surface area (Å²) < 4.78 is 0. The van der Waals surface area contributed by atoms with Gasteiger partial charge in [0.05, 0.1) is 0 Å². The summed E-state index contributed by atoms with van der Waals surface area (Å²) in [5.74, 6) is -0.382. The molecule has 0 saturated heterocycles. The minimum atomic E-state index is -0.725. The highest BCUT2D eigenvalue weighted by Crippen LogP contribution is 2.32. The summed E-state index contributed by atoms with van der Waals surface area (Å²) in [7, 11) is 0. The molecule has 1 aromatic rings. The highest BCUT2D eigenvalue weighted by atomic mass is 16.4. The fraction of sp³-hybridized carbons (Fsp3) is 0.500. The smallest absolute Gasteiger partial charge is 0.320 e. The fourth-order valence-corrected chi connectivity index (χ4v) is 1.81. The molecule has 4 nitrogen and oxygen atoms in total. The Morgan fingerprint density at radius 2 is 2.19 bits per heavy atom. The second-order valence-corrected chi connectivity index (χ2v) is 4.21. The zero-order chi connectivity index (χ0) is 11.4. The number of aromatic nitrogens is 1. The van der Waals surface area contributed by atoms with Gasteiger partial charge in [-0.05, 0) is 49.4 Å². The first-order valence-electron chi connectivity index (χ1n) is 5.62. The van der Waals surface area contributed by atoms with E-state index in [0.29, 0.717) is 12.5 Å². The molecule has 0 amide bonds. The number of carboxylic acids is 1. The van der Waals surface area contributed by atoms with Crippen LogP contribution in [0.3, 0.4) is 0 Å². The van der Waals surface area contributed by atoms with E-state index in [1.54, 1.807) is 12.4 Å². The molecular formula is C12H16N2O2. The first kappa shape index (κ1) is 11.1. The van der Waals surface area contributed by atoms with E-state index in [1.165, 1.54) is 5.56 Å². The van der Waals surface area contributed by atoms with Gasteiger partial charge >= 0.3 is 5.97 Å². The second kappa shape index (κ2) is 5.07. The van der Waals surface area contributed by atoms with Crippen LogP contribution in [-0.2, 0) is 11.2 Å². The summed E-state index contributed by atoms with van der Waals surface area (Å²) in [4.78, 5) is 14.9. The molecule has 0 spiro atoms. The maximum absolute atomic E-state index is 11.0. The molecule has 1 aromatic heterocycles. The summed E-state index contributed by atoms with van der Waals surface area (Å²) >= 11 is 0. The molecule has 1 atom stereocenters. The molecule has 1 heterocycles. The van der Waals surface area contributed by atoms with Crippen LogP contribution in [0.5, 0.6) is 0 Å². The van der Waals surface area contributed by atoms with Crippen LogP contribution in [0.2, 0.25) is 0 Å². The van der Waals surface area contributed by atoms with Crippen LogP contribution in [0.4, 0.5) is 0 Å². The average molecular weight is 220 g/mol. The fourth-order valence-electron chi connectivity index (χ4n) is 1.81. The Labute approximate surface area is 94.7 Å². The molecule has 1 fully saturated rings. The lowest BCUT2D eigenvalue weighted by atomic mass is 10.1. The lowest BCUT2D eigenvalue weighted by Crippen LogP contribution is -2.39. The van der Waals surface area contributed by atoms with Crippen molar-refractivity contribution in [3.63, 3.8) is 0 Å². The van der Waals surface area contributed by atoms with Gasteiger partial charge in [0.25, 0.3) is 0 Å². The van der Waals surface area contributed by atoms with E-state index in [4.69, 9.17) is 5.11 Å². The third kappa shape index (κ3) is 3.03. The lowest BCUT2D eigenvalue weighted by molar-refractivity contribution is -0.140. The van der Waals surface area contributed by atoms with Crippen LogP contribution in [0.25, 0.3) is 0 Å². The van der Waals surface area contributed by atoms with Gasteiger partial charge in [-0.2, -0.15) is 0 Å².